The average Bonchev–Trinajstić information content (AvgIpc) is 1.87. The molecule has 70 valence electrons. The Hall–Kier alpha value is -0.780. The van der Waals surface area contributed by atoms with Crippen LogP contribution >= 0.6 is 0 Å². The molecule has 0 saturated heterocycles. The molecule has 0 aromatic heterocycles. The number of allylic oxidation sites excluding steroid dienone is 2. The third-order valence-electron chi connectivity index (χ3n) is 1.49. The SMILES string of the molecule is C#CC(C)(O)CCC=C(C)C.O. The molecule has 0 saturated carbocycles. The van der Waals surface area contributed by atoms with Gasteiger partial charge in [-0.2, -0.15) is 0 Å². The molecule has 0 aliphatic heterocycles. The third kappa shape index (κ3) is 7.33. The fourth-order valence-electron chi connectivity index (χ4n) is 0.714. The molecule has 0 bridgehead atoms. The molecule has 3 N–H and O–H groups in total. The summed E-state index contributed by atoms with van der Waals surface area (Å²) in [6.07, 6.45) is 8.66. The minimum Gasteiger partial charge on any atom is -0.412 e. The van der Waals surface area contributed by atoms with Crippen molar-refractivity contribution in [1.29, 1.82) is 0 Å². The Morgan fingerprint density at radius 1 is 1.58 bits per heavy atom. The van der Waals surface area contributed by atoms with Gasteiger partial charge in [-0.3, -0.25) is 0 Å². The molecule has 0 aliphatic rings. The molecule has 0 aromatic carbocycles. The fourth-order valence-corrected chi connectivity index (χ4v) is 0.714. The lowest BCUT2D eigenvalue weighted by Gasteiger charge is -2.13. The molecule has 0 heterocycles. The highest BCUT2D eigenvalue weighted by atomic mass is 16.3. The molecule has 1 unspecified atom stereocenters. The number of terminal acetylenes is 1. The maximum Gasteiger partial charge on any atom is 0.122 e. The zero-order chi connectivity index (χ0) is 8.91. The maximum absolute atomic E-state index is 9.37. The van der Waals surface area contributed by atoms with Gasteiger partial charge in [-0.1, -0.05) is 17.6 Å². The van der Waals surface area contributed by atoms with Crippen molar-refractivity contribution in [3.05, 3.63) is 11.6 Å². The van der Waals surface area contributed by atoms with Gasteiger partial charge in [0.2, 0.25) is 0 Å². The fraction of sp³-hybridized carbons (Fsp3) is 0.600. The van der Waals surface area contributed by atoms with Crippen molar-refractivity contribution in [2.75, 3.05) is 0 Å². The number of rotatable bonds is 3. The first-order valence-corrected chi connectivity index (χ1v) is 3.81. The van der Waals surface area contributed by atoms with Gasteiger partial charge in [-0.25, -0.2) is 0 Å². The monoisotopic (exact) mass is 170 g/mol. The van der Waals surface area contributed by atoms with Crippen molar-refractivity contribution in [3.63, 3.8) is 0 Å². The molecule has 0 radical (unpaired) electrons. The molecule has 0 aromatic rings. The van der Waals surface area contributed by atoms with E-state index in [1.165, 1.54) is 5.57 Å². The Bertz CT molecular complexity index is 181. The molecule has 2 nitrogen and oxygen atoms in total. The Morgan fingerprint density at radius 2 is 2.08 bits per heavy atom. The van der Waals surface area contributed by atoms with E-state index in [4.69, 9.17) is 6.42 Å². The Balaban J connectivity index is 0. The lowest BCUT2D eigenvalue weighted by atomic mass is 10.0. The van der Waals surface area contributed by atoms with Crippen LogP contribution in [0.3, 0.4) is 0 Å². The minimum absolute atomic E-state index is 0. The van der Waals surface area contributed by atoms with Crippen molar-refractivity contribution in [3.8, 4) is 12.3 Å². The zero-order valence-corrected chi connectivity index (χ0v) is 8.02. The Morgan fingerprint density at radius 3 is 2.42 bits per heavy atom. The smallest absolute Gasteiger partial charge is 0.122 e. The van der Waals surface area contributed by atoms with Gasteiger partial charge in [0.05, 0.1) is 0 Å². The van der Waals surface area contributed by atoms with E-state index < -0.39 is 5.60 Å². The standard InChI is InChI=1S/C10H16O.H2O/c1-5-10(4,11)8-6-7-9(2)3;/h1,7,11H,6,8H2,2-4H3;1H2. The van der Waals surface area contributed by atoms with Crippen LogP contribution in [-0.4, -0.2) is 16.2 Å². The van der Waals surface area contributed by atoms with E-state index in [1.807, 2.05) is 13.8 Å². The summed E-state index contributed by atoms with van der Waals surface area (Å²) in [7, 11) is 0. The third-order valence-corrected chi connectivity index (χ3v) is 1.49. The van der Waals surface area contributed by atoms with Crippen molar-refractivity contribution in [1.82, 2.24) is 0 Å². The maximum atomic E-state index is 9.37. The van der Waals surface area contributed by atoms with Gasteiger partial charge in [-0.05, 0) is 33.6 Å². The lowest BCUT2D eigenvalue weighted by molar-refractivity contribution is 0.113. The van der Waals surface area contributed by atoms with E-state index in [0.29, 0.717) is 6.42 Å². The number of hydrogen-bond acceptors (Lipinski definition) is 1. The highest BCUT2D eigenvalue weighted by molar-refractivity contribution is 5.05. The summed E-state index contributed by atoms with van der Waals surface area (Å²) in [4.78, 5) is 0. The van der Waals surface area contributed by atoms with Gasteiger partial charge in [0.1, 0.15) is 5.60 Å². The van der Waals surface area contributed by atoms with E-state index in [1.54, 1.807) is 6.92 Å². The first kappa shape index (κ1) is 13.8. The number of hydrogen-bond donors (Lipinski definition) is 1. The van der Waals surface area contributed by atoms with Crippen molar-refractivity contribution in [2.24, 2.45) is 0 Å². The summed E-state index contributed by atoms with van der Waals surface area (Å²) in [5.41, 5.74) is 0.323. The first-order chi connectivity index (χ1) is 4.98. The van der Waals surface area contributed by atoms with E-state index >= 15 is 0 Å². The number of aliphatic hydroxyl groups is 1. The molecule has 2 heteroatoms. The Labute approximate surface area is 74.6 Å². The molecule has 0 fully saturated rings. The quantitative estimate of drug-likeness (QED) is 0.503. The highest BCUT2D eigenvalue weighted by Crippen LogP contribution is 2.11. The van der Waals surface area contributed by atoms with Crippen molar-refractivity contribution < 1.29 is 10.6 Å². The van der Waals surface area contributed by atoms with Gasteiger partial charge < -0.3 is 10.6 Å². The lowest BCUT2D eigenvalue weighted by Crippen LogP contribution is -2.20. The largest absolute Gasteiger partial charge is 0.412 e. The highest BCUT2D eigenvalue weighted by Gasteiger charge is 2.13. The molecule has 0 aliphatic carbocycles. The van der Waals surface area contributed by atoms with E-state index in [-0.39, 0.29) is 5.48 Å². The van der Waals surface area contributed by atoms with Crippen LogP contribution < -0.4 is 0 Å². The van der Waals surface area contributed by atoms with Crippen molar-refractivity contribution >= 4 is 0 Å². The Kier molecular flexibility index (Phi) is 6.68. The average molecular weight is 170 g/mol. The molecule has 0 rings (SSSR count). The van der Waals surface area contributed by atoms with Crippen LogP contribution in [0.5, 0.6) is 0 Å². The summed E-state index contributed by atoms with van der Waals surface area (Å²) < 4.78 is 0. The summed E-state index contributed by atoms with van der Waals surface area (Å²) in [5.74, 6) is 2.34. The predicted molar refractivity (Wildman–Crippen MR) is 51.7 cm³/mol. The van der Waals surface area contributed by atoms with Crippen LogP contribution in [0.4, 0.5) is 0 Å². The van der Waals surface area contributed by atoms with Gasteiger partial charge in [-0.15, -0.1) is 6.42 Å². The molecule has 1 atom stereocenters. The van der Waals surface area contributed by atoms with Crippen LogP contribution in [0.15, 0.2) is 11.6 Å². The van der Waals surface area contributed by atoms with E-state index in [2.05, 4.69) is 12.0 Å². The van der Waals surface area contributed by atoms with Crippen LogP contribution in [0.1, 0.15) is 33.6 Å². The van der Waals surface area contributed by atoms with E-state index in [0.717, 1.165) is 6.42 Å². The minimum atomic E-state index is -0.939. The topological polar surface area (TPSA) is 51.7 Å². The second-order valence-electron chi connectivity index (χ2n) is 3.24. The van der Waals surface area contributed by atoms with Crippen LogP contribution in [-0.2, 0) is 0 Å². The molecule has 12 heavy (non-hydrogen) atoms. The zero-order valence-electron chi connectivity index (χ0n) is 8.02. The van der Waals surface area contributed by atoms with E-state index in [9.17, 15) is 5.11 Å². The predicted octanol–water partition coefficient (Wildman–Crippen LogP) is 1.29. The molecular formula is C10H18O2. The normalized spacial score (nSPS) is 13.6. The molecule has 0 spiro atoms. The van der Waals surface area contributed by atoms with Crippen LogP contribution in [0.2, 0.25) is 0 Å². The second kappa shape index (κ2) is 5.82. The molecular weight excluding hydrogens is 152 g/mol. The molecule has 0 amide bonds. The van der Waals surface area contributed by atoms with Crippen molar-refractivity contribution in [2.45, 2.75) is 39.2 Å². The first-order valence-electron chi connectivity index (χ1n) is 3.81. The van der Waals surface area contributed by atoms with Crippen LogP contribution in [0, 0.1) is 12.3 Å². The van der Waals surface area contributed by atoms with Gasteiger partial charge in [0, 0.05) is 0 Å². The van der Waals surface area contributed by atoms with Gasteiger partial charge >= 0.3 is 0 Å². The summed E-state index contributed by atoms with van der Waals surface area (Å²) >= 11 is 0. The van der Waals surface area contributed by atoms with Gasteiger partial charge in [0.15, 0.2) is 0 Å². The summed E-state index contributed by atoms with van der Waals surface area (Å²) in [5, 5.41) is 9.37. The van der Waals surface area contributed by atoms with Gasteiger partial charge in [0.25, 0.3) is 0 Å². The summed E-state index contributed by atoms with van der Waals surface area (Å²) in [6.45, 7) is 5.72. The second-order valence-corrected chi connectivity index (χ2v) is 3.24. The van der Waals surface area contributed by atoms with Crippen LogP contribution in [0.25, 0.3) is 0 Å². The summed E-state index contributed by atoms with van der Waals surface area (Å²) in [6, 6.07) is 0.